The number of hydrogen-bond donors (Lipinski definition) is 2. The molecule has 0 aliphatic carbocycles. The van der Waals surface area contributed by atoms with Crippen LogP contribution in [0.1, 0.15) is 48.1 Å². The Balaban J connectivity index is 1.43. The maximum absolute atomic E-state index is 13.0. The SMILES string of the molecule is CN1C(=O)c2ccc(C(=O)NCC(c3ccccc3)c3c[nH]c4ccccc34)cc2C1=O. The largest absolute Gasteiger partial charge is 0.361 e. The first-order valence-corrected chi connectivity index (χ1v) is 10.4. The molecule has 158 valence electrons. The standard InChI is InChI=1S/C26H21N3O3/c1-29-25(31)19-12-11-17(13-20(19)26(29)32)24(30)28-14-21(16-7-3-2-4-8-16)22-15-27-23-10-6-5-9-18(22)23/h2-13,15,21,27H,14H2,1H3,(H,28,30). The minimum atomic E-state index is -0.388. The first kappa shape index (κ1) is 19.8. The number of H-pyrrole nitrogens is 1. The van der Waals surface area contributed by atoms with Gasteiger partial charge >= 0.3 is 0 Å². The highest BCUT2D eigenvalue weighted by molar-refractivity contribution is 6.21. The summed E-state index contributed by atoms with van der Waals surface area (Å²) in [4.78, 5) is 41.7. The van der Waals surface area contributed by atoms with Crippen molar-refractivity contribution in [1.29, 1.82) is 0 Å². The van der Waals surface area contributed by atoms with Crippen LogP contribution in [-0.4, -0.2) is 41.2 Å². The molecule has 0 fully saturated rings. The van der Waals surface area contributed by atoms with Gasteiger partial charge in [-0.25, -0.2) is 0 Å². The molecule has 2 heterocycles. The van der Waals surface area contributed by atoms with E-state index in [1.54, 1.807) is 12.1 Å². The monoisotopic (exact) mass is 423 g/mol. The van der Waals surface area contributed by atoms with E-state index in [9.17, 15) is 14.4 Å². The Morgan fingerprint density at radius 2 is 1.66 bits per heavy atom. The predicted octanol–water partition coefficient (Wildman–Crippen LogP) is 3.96. The van der Waals surface area contributed by atoms with Crippen molar-refractivity contribution in [3.8, 4) is 0 Å². The molecule has 1 aromatic heterocycles. The van der Waals surface area contributed by atoms with Gasteiger partial charge in [-0.2, -0.15) is 0 Å². The average molecular weight is 423 g/mol. The molecule has 0 saturated carbocycles. The molecule has 3 amide bonds. The lowest BCUT2D eigenvalue weighted by atomic mass is 9.91. The van der Waals surface area contributed by atoms with Crippen molar-refractivity contribution < 1.29 is 14.4 Å². The number of benzene rings is 3. The second-order valence-electron chi connectivity index (χ2n) is 7.89. The van der Waals surface area contributed by atoms with Gasteiger partial charge in [-0.15, -0.1) is 0 Å². The van der Waals surface area contributed by atoms with Crippen LogP contribution in [0.2, 0.25) is 0 Å². The molecule has 0 saturated heterocycles. The molecule has 1 aliphatic heterocycles. The molecule has 4 aromatic rings. The second kappa shape index (κ2) is 7.81. The highest BCUT2D eigenvalue weighted by atomic mass is 16.2. The highest BCUT2D eigenvalue weighted by Gasteiger charge is 2.33. The maximum atomic E-state index is 13.0. The van der Waals surface area contributed by atoms with E-state index in [4.69, 9.17) is 0 Å². The quantitative estimate of drug-likeness (QED) is 0.477. The van der Waals surface area contributed by atoms with E-state index in [0.29, 0.717) is 17.7 Å². The van der Waals surface area contributed by atoms with E-state index in [1.807, 2.05) is 54.7 Å². The Morgan fingerprint density at radius 1 is 0.938 bits per heavy atom. The molecular formula is C26H21N3O3. The molecular weight excluding hydrogens is 402 g/mol. The van der Waals surface area contributed by atoms with Gasteiger partial charge in [0.25, 0.3) is 17.7 Å². The molecule has 1 atom stereocenters. The van der Waals surface area contributed by atoms with Gasteiger partial charge in [-0.3, -0.25) is 19.3 Å². The molecule has 0 spiro atoms. The minimum absolute atomic E-state index is 0.0555. The lowest BCUT2D eigenvalue weighted by Crippen LogP contribution is -2.29. The molecule has 6 heteroatoms. The summed E-state index contributed by atoms with van der Waals surface area (Å²) in [6.07, 6.45) is 1.99. The first-order chi connectivity index (χ1) is 15.5. The van der Waals surface area contributed by atoms with E-state index >= 15 is 0 Å². The van der Waals surface area contributed by atoms with Crippen LogP contribution in [0.4, 0.5) is 0 Å². The number of rotatable bonds is 5. The summed E-state index contributed by atoms with van der Waals surface area (Å²) in [5.74, 6) is -1.08. The summed E-state index contributed by atoms with van der Waals surface area (Å²) in [5, 5.41) is 4.13. The molecule has 1 aliphatic rings. The topological polar surface area (TPSA) is 82.3 Å². The number of carbonyl (C=O) groups excluding carboxylic acids is 3. The van der Waals surface area contributed by atoms with Crippen LogP contribution in [0.15, 0.2) is 79.0 Å². The summed E-state index contributed by atoms with van der Waals surface area (Å²) in [5.41, 5.74) is 4.18. The van der Waals surface area contributed by atoms with Gasteiger partial charge in [0, 0.05) is 42.2 Å². The smallest absolute Gasteiger partial charge is 0.261 e. The van der Waals surface area contributed by atoms with Gasteiger partial charge in [0.05, 0.1) is 11.1 Å². The van der Waals surface area contributed by atoms with Crippen molar-refractivity contribution in [2.24, 2.45) is 0 Å². The number of fused-ring (bicyclic) bond motifs is 2. The van der Waals surface area contributed by atoms with Crippen molar-refractivity contribution in [3.63, 3.8) is 0 Å². The fraction of sp³-hybridized carbons (Fsp3) is 0.115. The number of carbonyl (C=O) groups is 3. The summed E-state index contributed by atoms with van der Waals surface area (Å²) in [6.45, 7) is 0.383. The zero-order valence-corrected chi connectivity index (χ0v) is 17.5. The van der Waals surface area contributed by atoms with Crippen LogP contribution in [0.3, 0.4) is 0 Å². The molecule has 0 radical (unpaired) electrons. The van der Waals surface area contributed by atoms with Crippen LogP contribution in [0.25, 0.3) is 10.9 Å². The third-order valence-corrected chi connectivity index (χ3v) is 6.02. The fourth-order valence-corrected chi connectivity index (χ4v) is 4.27. The number of amides is 3. The van der Waals surface area contributed by atoms with Gasteiger partial charge in [0.1, 0.15) is 0 Å². The number of para-hydroxylation sites is 1. The highest BCUT2D eigenvalue weighted by Crippen LogP contribution is 2.30. The van der Waals surface area contributed by atoms with Gasteiger partial charge in [-0.05, 0) is 35.4 Å². The normalized spacial score (nSPS) is 14.0. The number of nitrogens with one attached hydrogen (secondary N) is 2. The Hall–Kier alpha value is -4.19. The minimum Gasteiger partial charge on any atom is -0.361 e. The average Bonchev–Trinajstić information content (AvgIpc) is 3.35. The van der Waals surface area contributed by atoms with Gasteiger partial charge in [0.15, 0.2) is 0 Å². The molecule has 2 N–H and O–H groups in total. The summed E-state index contributed by atoms with van der Waals surface area (Å²) in [7, 11) is 1.44. The third-order valence-electron chi connectivity index (χ3n) is 6.02. The van der Waals surface area contributed by atoms with Crippen LogP contribution in [-0.2, 0) is 0 Å². The van der Waals surface area contributed by atoms with Gasteiger partial charge in [-0.1, -0.05) is 48.5 Å². The van der Waals surface area contributed by atoms with E-state index in [1.165, 1.54) is 13.1 Å². The van der Waals surface area contributed by atoms with Crippen molar-refractivity contribution >= 4 is 28.6 Å². The molecule has 0 bridgehead atoms. The van der Waals surface area contributed by atoms with Crippen LogP contribution >= 0.6 is 0 Å². The van der Waals surface area contributed by atoms with Crippen molar-refractivity contribution in [2.75, 3.05) is 13.6 Å². The Bertz CT molecular complexity index is 1360. The van der Waals surface area contributed by atoms with Gasteiger partial charge < -0.3 is 10.3 Å². The number of aromatic amines is 1. The van der Waals surface area contributed by atoms with E-state index in [0.717, 1.165) is 26.9 Å². The number of nitrogens with zero attached hydrogens (tertiary/aromatic N) is 1. The zero-order valence-electron chi connectivity index (χ0n) is 17.5. The molecule has 1 unspecified atom stereocenters. The summed E-state index contributed by atoms with van der Waals surface area (Å²) >= 11 is 0. The van der Waals surface area contributed by atoms with Crippen molar-refractivity contribution in [2.45, 2.75) is 5.92 Å². The zero-order chi connectivity index (χ0) is 22.2. The van der Waals surface area contributed by atoms with Crippen LogP contribution < -0.4 is 5.32 Å². The molecule has 6 nitrogen and oxygen atoms in total. The van der Waals surface area contributed by atoms with E-state index < -0.39 is 0 Å². The van der Waals surface area contributed by atoms with E-state index in [2.05, 4.69) is 16.4 Å². The first-order valence-electron chi connectivity index (χ1n) is 10.4. The second-order valence-corrected chi connectivity index (χ2v) is 7.89. The molecule has 3 aromatic carbocycles. The number of imide groups is 1. The Kier molecular flexibility index (Phi) is 4.82. The van der Waals surface area contributed by atoms with Gasteiger partial charge in [0.2, 0.25) is 0 Å². The molecule has 32 heavy (non-hydrogen) atoms. The summed E-state index contributed by atoms with van der Waals surface area (Å²) in [6, 6.07) is 22.7. The fourth-order valence-electron chi connectivity index (χ4n) is 4.27. The lowest BCUT2D eigenvalue weighted by molar-refractivity contribution is 0.0693. The predicted molar refractivity (Wildman–Crippen MR) is 122 cm³/mol. The number of aromatic nitrogens is 1. The maximum Gasteiger partial charge on any atom is 0.261 e. The van der Waals surface area contributed by atoms with Crippen LogP contribution in [0.5, 0.6) is 0 Å². The molecule has 5 rings (SSSR count). The number of hydrogen-bond acceptors (Lipinski definition) is 3. The summed E-state index contributed by atoms with van der Waals surface area (Å²) < 4.78 is 0. The van der Waals surface area contributed by atoms with Crippen molar-refractivity contribution in [1.82, 2.24) is 15.2 Å². The Morgan fingerprint density at radius 3 is 2.47 bits per heavy atom. The Labute approximate surface area is 184 Å². The lowest BCUT2D eigenvalue weighted by Gasteiger charge is -2.18. The van der Waals surface area contributed by atoms with Crippen molar-refractivity contribution in [3.05, 3.63) is 107 Å². The van der Waals surface area contributed by atoms with E-state index in [-0.39, 0.29) is 29.2 Å². The van der Waals surface area contributed by atoms with Crippen LogP contribution in [0, 0.1) is 0 Å². The third kappa shape index (κ3) is 3.26.